The van der Waals surface area contributed by atoms with Crippen molar-refractivity contribution in [2.45, 2.75) is 19.5 Å². The molecule has 0 atom stereocenters. The monoisotopic (exact) mass is 301 g/mol. The summed E-state index contributed by atoms with van der Waals surface area (Å²) in [4.78, 5) is 3.33. The first-order valence-corrected chi connectivity index (χ1v) is 4.75. The lowest BCUT2D eigenvalue weighted by molar-refractivity contribution is -0.141. The minimum Gasteiger partial charge on any atom is -0.251 e. The second-order valence-corrected chi connectivity index (χ2v) is 3.56. The van der Waals surface area contributed by atoms with Gasteiger partial charge in [-0.2, -0.15) is 13.2 Å². The highest BCUT2D eigenvalue weighted by Gasteiger charge is 2.35. The number of alkyl halides is 3. The Labute approximate surface area is 87.5 Å². The van der Waals surface area contributed by atoms with Crippen LogP contribution in [0, 0.1) is 3.57 Å². The number of hydrogen-bond acceptors (Lipinski definition) is 1. The SMILES string of the molecule is CCc1ccnc(C(F)(F)F)c1I. The summed E-state index contributed by atoms with van der Waals surface area (Å²) < 4.78 is 37.1. The molecule has 1 rings (SSSR count). The lowest BCUT2D eigenvalue weighted by atomic mass is 10.2. The van der Waals surface area contributed by atoms with Crippen molar-refractivity contribution in [1.29, 1.82) is 0 Å². The largest absolute Gasteiger partial charge is 0.434 e. The summed E-state index contributed by atoms with van der Waals surface area (Å²) in [6.45, 7) is 1.82. The van der Waals surface area contributed by atoms with Gasteiger partial charge in [0.05, 0.1) is 0 Å². The Morgan fingerprint density at radius 2 is 2.08 bits per heavy atom. The van der Waals surface area contributed by atoms with Crippen molar-refractivity contribution >= 4 is 22.6 Å². The summed E-state index contributed by atoms with van der Waals surface area (Å²) in [5.41, 5.74) is -0.102. The molecule has 0 aromatic carbocycles. The Bertz CT molecular complexity index is 309. The van der Waals surface area contributed by atoms with Crippen molar-refractivity contribution in [3.63, 3.8) is 0 Å². The van der Waals surface area contributed by atoms with Crippen LogP contribution in [0.1, 0.15) is 18.2 Å². The van der Waals surface area contributed by atoms with Crippen LogP contribution in [0.4, 0.5) is 13.2 Å². The van der Waals surface area contributed by atoms with Crippen molar-refractivity contribution in [3.8, 4) is 0 Å². The van der Waals surface area contributed by atoms with E-state index in [1.165, 1.54) is 6.20 Å². The van der Waals surface area contributed by atoms with Gasteiger partial charge in [-0.05, 0) is 40.6 Å². The van der Waals surface area contributed by atoms with Crippen molar-refractivity contribution in [3.05, 3.63) is 27.1 Å². The molecule has 0 bridgehead atoms. The fourth-order valence-corrected chi connectivity index (χ4v) is 1.96. The summed E-state index contributed by atoms with van der Waals surface area (Å²) in [5.74, 6) is 0. The van der Waals surface area contributed by atoms with Gasteiger partial charge in [-0.15, -0.1) is 0 Å². The molecule has 0 fully saturated rings. The van der Waals surface area contributed by atoms with Crippen LogP contribution in [-0.4, -0.2) is 4.98 Å². The molecule has 1 heterocycles. The molecule has 0 saturated carbocycles. The second-order valence-electron chi connectivity index (χ2n) is 2.48. The van der Waals surface area contributed by atoms with Gasteiger partial charge >= 0.3 is 6.18 Å². The van der Waals surface area contributed by atoms with E-state index in [2.05, 4.69) is 4.98 Å². The van der Waals surface area contributed by atoms with Gasteiger partial charge in [0.2, 0.25) is 0 Å². The van der Waals surface area contributed by atoms with Crippen LogP contribution in [0.5, 0.6) is 0 Å². The van der Waals surface area contributed by atoms with Crippen LogP contribution in [0.25, 0.3) is 0 Å². The topological polar surface area (TPSA) is 12.9 Å². The third-order valence-corrected chi connectivity index (χ3v) is 2.82. The van der Waals surface area contributed by atoms with E-state index in [9.17, 15) is 13.2 Å². The molecule has 0 aliphatic heterocycles. The van der Waals surface area contributed by atoms with Crippen LogP contribution in [0.15, 0.2) is 12.3 Å². The van der Waals surface area contributed by atoms with Crippen LogP contribution < -0.4 is 0 Å². The van der Waals surface area contributed by atoms with Crippen LogP contribution in [-0.2, 0) is 12.6 Å². The van der Waals surface area contributed by atoms with Crippen molar-refractivity contribution in [2.24, 2.45) is 0 Å². The van der Waals surface area contributed by atoms with Gasteiger partial charge in [0, 0.05) is 9.77 Å². The summed E-state index contributed by atoms with van der Waals surface area (Å²) >= 11 is 1.68. The average molecular weight is 301 g/mol. The maximum Gasteiger partial charge on any atom is 0.434 e. The molecule has 1 aromatic heterocycles. The standard InChI is InChI=1S/C8H7F3IN/c1-2-5-3-4-13-7(6(5)12)8(9,10)11/h3-4H,2H2,1H3. The zero-order valence-electron chi connectivity index (χ0n) is 6.82. The van der Waals surface area contributed by atoms with E-state index in [-0.39, 0.29) is 3.57 Å². The molecular weight excluding hydrogens is 294 g/mol. The van der Waals surface area contributed by atoms with Crippen molar-refractivity contribution in [2.75, 3.05) is 0 Å². The zero-order chi connectivity index (χ0) is 10.1. The highest BCUT2D eigenvalue weighted by molar-refractivity contribution is 14.1. The number of rotatable bonds is 1. The molecule has 72 valence electrons. The summed E-state index contributed by atoms with van der Waals surface area (Å²) in [6.07, 6.45) is -2.56. The molecule has 5 heteroatoms. The van der Waals surface area contributed by atoms with E-state index >= 15 is 0 Å². The molecular formula is C8H7F3IN. The van der Waals surface area contributed by atoms with E-state index in [4.69, 9.17) is 0 Å². The molecule has 0 aliphatic carbocycles. The number of hydrogen-bond donors (Lipinski definition) is 0. The minimum atomic E-state index is -4.35. The Morgan fingerprint density at radius 1 is 1.46 bits per heavy atom. The Morgan fingerprint density at radius 3 is 2.54 bits per heavy atom. The van der Waals surface area contributed by atoms with E-state index in [1.807, 2.05) is 6.92 Å². The summed E-state index contributed by atoms with van der Waals surface area (Å²) in [7, 11) is 0. The highest BCUT2D eigenvalue weighted by atomic mass is 127. The van der Waals surface area contributed by atoms with Gasteiger partial charge in [-0.3, -0.25) is 4.98 Å². The fraction of sp³-hybridized carbons (Fsp3) is 0.375. The van der Waals surface area contributed by atoms with Gasteiger partial charge in [0.15, 0.2) is 5.69 Å². The first-order chi connectivity index (χ1) is 5.96. The van der Waals surface area contributed by atoms with Crippen molar-refractivity contribution < 1.29 is 13.2 Å². The fourth-order valence-electron chi connectivity index (χ4n) is 0.954. The summed E-state index contributed by atoms with van der Waals surface area (Å²) in [5, 5.41) is 0. The quantitative estimate of drug-likeness (QED) is 0.726. The Kier molecular flexibility index (Phi) is 3.15. The smallest absolute Gasteiger partial charge is 0.251 e. The average Bonchev–Trinajstić information content (AvgIpc) is 2.02. The predicted octanol–water partition coefficient (Wildman–Crippen LogP) is 3.27. The Hall–Kier alpha value is -0.330. The summed E-state index contributed by atoms with van der Waals surface area (Å²) in [6, 6.07) is 1.61. The van der Waals surface area contributed by atoms with E-state index in [0.717, 1.165) is 0 Å². The third-order valence-electron chi connectivity index (χ3n) is 1.62. The molecule has 0 unspecified atom stereocenters. The maximum atomic E-state index is 12.3. The first kappa shape index (κ1) is 10.7. The number of pyridine rings is 1. The van der Waals surface area contributed by atoms with Crippen LogP contribution >= 0.6 is 22.6 Å². The molecule has 1 aromatic rings. The predicted molar refractivity (Wildman–Crippen MR) is 51.3 cm³/mol. The molecule has 0 radical (unpaired) electrons. The molecule has 0 N–H and O–H groups in total. The second kappa shape index (κ2) is 3.81. The minimum absolute atomic E-state index is 0.204. The number of aromatic nitrogens is 1. The van der Waals surface area contributed by atoms with Crippen LogP contribution in [0.3, 0.4) is 0 Å². The van der Waals surface area contributed by atoms with Gasteiger partial charge in [-0.25, -0.2) is 0 Å². The van der Waals surface area contributed by atoms with Crippen LogP contribution in [0.2, 0.25) is 0 Å². The number of aryl methyl sites for hydroxylation is 1. The van der Waals surface area contributed by atoms with Crippen molar-refractivity contribution in [1.82, 2.24) is 4.98 Å². The van der Waals surface area contributed by atoms with E-state index in [1.54, 1.807) is 28.7 Å². The lowest BCUT2D eigenvalue weighted by Crippen LogP contribution is -2.11. The maximum absolute atomic E-state index is 12.3. The van der Waals surface area contributed by atoms with Gasteiger partial charge in [0.25, 0.3) is 0 Å². The third kappa shape index (κ3) is 2.32. The van der Waals surface area contributed by atoms with E-state index < -0.39 is 11.9 Å². The first-order valence-electron chi connectivity index (χ1n) is 3.67. The molecule has 0 amide bonds. The molecule has 0 spiro atoms. The number of nitrogens with zero attached hydrogens (tertiary/aromatic N) is 1. The van der Waals surface area contributed by atoms with Gasteiger partial charge in [0.1, 0.15) is 0 Å². The van der Waals surface area contributed by atoms with Gasteiger partial charge < -0.3 is 0 Å². The number of halogens is 4. The van der Waals surface area contributed by atoms with E-state index in [0.29, 0.717) is 12.0 Å². The molecule has 0 aliphatic rings. The highest BCUT2D eigenvalue weighted by Crippen LogP contribution is 2.32. The lowest BCUT2D eigenvalue weighted by Gasteiger charge is -2.09. The zero-order valence-corrected chi connectivity index (χ0v) is 8.98. The normalized spacial score (nSPS) is 11.8. The molecule has 13 heavy (non-hydrogen) atoms. The van der Waals surface area contributed by atoms with Gasteiger partial charge in [-0.1, -0.05) is 6.92 Å². The Balaban J connectivity index is 3.24. The molecule has 1 nitrogen and oxygen atoms in total. The molecule has 0 saturated heterocycles.